The zero-order valence-electron chi connectivity index (χ0n) is 18.8. The topological polar surface area (TPSA) is 71.5 Å². The van der Waals surface area contributed by atoms with Gasteiger partial charge in [0, 0.05) is 50.5 Å². The lowest BCUT2D eigenvalue weighted by Crippen LogP contribution is -2.27. The van der Waals surface area contributed by atoms with E-state index in [2.05, 4.69) is 40.6 Å². The van der Waals surface area contributed by atoms with Crippen LogP contribution >= 0.6 is 0 Å². The molecule has 6 nitrogen and oxygen atoms in total. The Morgan fingerprint density at radius 1 is 1.22 bits per heavy atom. The highest BCUT2D eigenvalue weighted by Crippen LogP contribution is 2.33. The largest absolute Gasteiger partial charge is 0.490 e. The van der Waals surface area contributed by atoms with Crippen molar-refractivity contribution in [3.05, 3.63) is 60.3 Å². The molecule has 2 atom stereocenters. The Morgan fingerprint density at radius 3 is 2.66 bits per heavy atom. The summed E-state index contributed by atoms with van der Waals surface area (Å²) in [6.07, 6.45) is 2.18. The maximum atomic E-state index is 11.7. The number of aromatic nitrogens is 1. The third-order valence-electron chi connectivity index (χ3n) is 6.16. The number of rotatable bonds is 7. The van der Waals surface area contributed by atoms with Crippen molar-refractivity contribution >= 4 is 22.7 Å². The van der Waals surface area contributed by atoms with Crippen molar-refractivity contribution in [2.45, 2.75) is 39.8 Å². The van der Waals surface area contributed by atoms with Gasteiger partial charge in [0.15, 0.2) is 0 Å². The molecule has 0 unspecified atom stereocenters. The summed E-state index contributed by atoms with van der Waals surface area (Å²) in [7, 11) is 0. The summed E-state index contributed by atoms with van der Waals surface area (Å²) in [4.78, 5) is 29.7. The van der Waals surface area contributed by atoms with Gasteiger partial charge in [0.05, 0.1) is 5.52 Å². The van der Waals surface area contributed by atoms with Crippen LogP contribution in [-0.2, 0) is 16.1 Å². The fraction of sp³-hybridized carbons (Fsp3) is 0.346. The van der Waals surface area contributed by atoms with Crippen LogP contribution < -0.4 is 10.1 Å². The molecule has 0 radical (unpaired) electrons. The standard InChI is InChI=1S/C26H29N3O3/c1-4-29(18(3)30)16-19-7-9-20(10-8-19)21-12-24-23(6-5-11-27-24)25(13-21)32-17(2)22-14-26(31)28-15-22/h5-13,17,22H,4,14-16H2,1-3H3,(H,28,31)/t17-,22+/m1/s1. The van der Waals surface area contributed by atoms with E-state index in [4.69, 9.17) is 4.74 Å². The van der Waals surface area contributed by atoms with Crippen LogP contribution in [0.2, 0.25) is 0 Å². The smallest absolute Gasteiger partial charge is 0.220 e. The van der Waals surface area contributed by atoms with Crippen molar-refractivity contribution < 1.29 is 14.3 Å². The number of pyridine rings is 1. The third-order valence-corrected chi connectivity index (χ3v) is 6.16. The molecule has 2 heterocycles. The minimum atomic E-state index is -0.0958. The van der Waals surface area contributed by atoms with Crippen molar-refractivity contribution in [2.24, 2.45) is 5.92 Å². The van der Waals surface area contributed by atoms with E-state index in [1.165, 1.54) is 0 Å². The quantitative estimate of drug-likeness (QED) is 0.609. The maximum Gasteiger partial charge on any atom is 0.220 e. The average Bonchev–Trinajstić information content (AvgIpc) is 3.24. The van der Waals surface area contributed by atoms with Crippen LogP contribution in [0.4, 0.5) is 0 Å². The number of fused-ring (bicyclic) bond motifs is 1. The highest BCUT2D eigenvalue weighted by molar-refractivity contribution is 5.90. The molecule has 4 rings (SSSR count). The Hall–Kier alpha value is -3.41. The molecule has 1 saturated heterocycles. The Bertz CT molecular complexity index is 1130. The second kappa shape index (κ2) is 9.39. The van der Waals surface area contributed by atoms with E-state index < -0.39 is 0 Å². The van der Waals surface area contributed by atoms with Gasteiger partial charge in [-0.3, -0.25) is 14.6 Å². The first kappa shape index (κ1) is 21.8. The van der Waals surface area contributed by atoms with Crippen LogP contribution in [0.5, 0.6) is 5.75 Å². The van der Waals surface area contributed by atoms with Crippen LogP contribution in [-0.4, -0.2) is 40.9 Å². The third kappa shape index (κ3) is 4.74. The summed E-state index contributed by atoms with van der Waals surface area (Å²) in [5.74, 6) is 1.08. The molecule has 6 heteroatoms. The van der Waals surface area contributed by atoms with Crippen LogP contribution in [0.3, 0.4) is 0 Å². The number of carbonyl (C=O) groups is 2. The number of hydrogen-bond acceptors (Lipinski definition) is 4. The van der Waals surface area contributed by atoms with Gasteiger partial charge >= 0.3 is 0 Å². The van der Waals surface area contributed by atoms with Gasteiger partial charge in [-0.25, -0.2) is 0 Å². The predicted molar refractivity (Wildman–Crippen MR) is 125 cm³/mol. The zero-order chi connectivity index (χ0) is 22.7. The number of nitrogens with zero attached hydrogens (tertiary/aromatic N) is 2. The van der Waals surface area contributed by atoms with Gasteiger partial charge in [-0.2, -0.15) is 0 Å². The lowest BCUT2D eigenvalue weighted by molar-refractivity contribution is -0.129. The number of benzene rings is 2. The van der Waals surface area contributed by atoms with Gasteiger partial charge in [0.25, 0.3) is 0 Å². The monoisotopic (exact) mass is 431 g/mol. The summed E-state index contributed by atoms with van der Waals surface area (Å²) < 4.78 is 6.36. The molecule has 1 fully saturated rings. The highest BCUT2D eigenvalue weighted by atomic mass is 16.5. The van der Waals surface area contributed by atoms with Gasteiger partial charge in [0.1, 0.15) is 11.9 Å². The molecule has 166 valence electrons. The molecule has 0 bridgehead atoms. The normalized spacial score (nSPS) is 16.6. The van der Waals surface area contributed by atoms with E-state index in [0.29, 0.717) is 26.1 Å². The maximum absolute atomic E-state index is 11.7. The van der Waals surface area contributed by atoms with Crippen molar-refractivity contribution in [3.8, 4) is 16.9 Å². The molecule has 0 aliphatic carbocycles. The van der Waals surface area contributed by atoms with E-state index in [-0.39, 0.29) is 23.8 Å². The van der Waals surface area contributed by atoms with Crippen molar-refractivity contribution in [2.75, 3.05) is 13.1 Å². The van der Waals surface area contributed by atoms with Crippen LogP contribution in [0.25, 0.3) is 22.0 Å². The summed E-state index contributed by atoms with van der Waals surface area (Å²) in [6.45, 7) is 7.53. The first-order valence-corrected chi connectivity index (χ1v) is 11.1. The van der Waals surface area contributed by atoms with Gasteiger partial charge in [-0.1, -0.05) is 24.3 Å². The molecule has 1 N–H and O–H groups in total. The van der Waals surface area contributed by atoms with Crippen molar-refractivity contribution in [1.82, 2.24) is 15.2 Å². The summed E-state index contributed by atoms with van der Waals surface area (Å²) in [5.41, 5.74) is 4.03. The van der Waals surface area contributed by atoms with Crippen molar-refractivity contribution in [1.29, 1.82) is 0 Å². The van der Waals surface area contributed by atoms with E-state index in [9.17, 15) is 9.59 Å². The van der Waals surface area contributed by atoms with Gasteiger partial charge in [0.2, 0.25) is 11.8 Å². The molecular formula is C26H29N3O3. The number of nitrogens with one attached hydrogen (secondary N) is 1. The second-order valence-electron chi connectivity index (χ2n) is 8.37. The molecule has 1 aliphatic rings. The Balaban J connectivity index is 1.62. The number of amides is 2. The first-order valence-electron chi connectivity index (χ1n) is 11.1. The first-order chi connectivity index (χ1) is 15.4. The van der Waals surface area contributed by atoms with E-state index in [1.54, 1.807) is 13.1 Å². The van der Waals surface area contributed by atoms with Crippen LogP contribution in [0.1, 0.15) is 32.8 Å². The molecule has 1 aromatic heterocycles. The van der Waals surface area contributed by atoms with E-state index >= 15 is 0 Å². The molecule has 32 heavy (non-hydrogen) atoms. The molecule has 2 aromatic carbocycles. The minimum Gasteiger partial charge on any atom is -0.490 e. The minimum absolute atomic E-state index is 0.0762. The molecule has 3 aromatic rings. The lowest BCUT2D eigenvalue weighted by atomic mass is 10.0. The molecular weight excluding hydrogens is 402 g/mol. The highest BCUT2D eigenvalue weighted by Gasteiger charge is 2.28. The molecule has 2 amide bonds. The number of carbonyl (C=O) groups excluding carboxylic acids is 2. The SMILES string of the molecule is CCN(Cc1ccc(-c2cc(O[C@H](C)[C@@H]3CNC(=O)C3)c3cccnc3c2)cc1)C(C)=O. The molecule has 1 aliphatic heterocycles. The predicted octanol–water partition coefficient (Wildman–Crippen LogP) is 4.17. The van der Waals surface area contributed by atoms with Gasteiger partial charge in [-0.15, -0.1) is 0 Å². The van der Waals surface area contributed by atoms with Crippen LogP contribution in [0.15, 0.2) is 54.7 Å². The Labute approximate surface area is 188 Å². The van der Waals surface area contributed by atoms with Crippen molar-refractivity contribution in [3.63, 3.8) is 0 Å². The average molecular weight is 432 g/mol. The fourth-order valence-electron chi connectivity index (χ4n) is 4.14. The second-order valence-corrected chi connectivity index (χ2v) is 8.37. The van der Waals surface area contributed by atoms with Gasteiger partial charge < -0.3 is 15.0 Å². The lowest BCUT2D eigenvalue weighted by Gasteiger charge is -2.21. The number of hydrogen-bond donors (Lipinski definition) is 1. The molecule has 0 saturated carbocycles. The fourth-order valence-corrected chi connectivity index (χ4v) is 4.14. The summed E-state index contributed by atoms with van der Waals surface area (Å²) >= 11 is 0. The molecule has 0 spiro atoms. The number of ether oxygens (including phenoxy) is 1. The zero-order valence-corrected chi connectivity index (χ0v) is 18.8. The Morgan fingerprint density at radius 2 is 2.00 bits per heavy atom. The summed E-state index contributed by atoms with van der Waals surface area (Å²) in [5, 5.41) is 3.84. The van der Waals surface area contributed by atoms with E-state index in [0.717, 1.165) is 33.3 Å². The van der Waals surface area contributed by atoms with Crippen LogP contribution in [0, 0.1) is 5.92 Å². The van der Waals surface area contributed by atoms with E-state index in [1.807, 2.05) is 36.9 Å². The van der Waals surface area contributed by atoms with Gasteiger partial charge in [-0.05, 0) is 54.8 Å². The summed E-state index contributed by atoms with van der Waals surface area (Å²) in [6, 6.07) is 16.3. The Kier molecular flexibility index (Phi) is 6.40.